The molecule has 1 aliphatic heterocycles. The zero-order valence-electron chi connectivity index (χ0n) is 7.51. The molecule has 12 heavy (non-hydrogen) atoms. The van der Waals surface area contributed by atoms with Gasteiger partial charge in [-0.25, -0.2) is 0 Å². The van der Waals surface area contributed by atoms with Crippen molar-refractivity contribution in [1.82, 2.24) is 10.2 Å². The lowest BCUT2D eigenvalue weighted by Gasteiger charge is -2.17. The van der Waals surface area contributed by atoms with E-state index in [1.54, 1.807) is 0 Å². The average Bonchev–Trinajstić information content (AvgIpc) is 2.27. The van der Waals surface area contributed by atoms with Crippen LogP contribution in [-0.4, -0.2) is 50.7 Å². The van der Waals surface area contributed by atoms with E-state index in [0.29, 0.717) is 13.0 Å². The number of nitrogens with one attached hydrogen (secondary N) is 1. The fourth-order valence-electron chi connectivity index (χ4n) is 1.22. The van der Waals surface area contributed by atoms with Gasteiger partial charge in [-0.2, -0.15) is 0 Å². The van der Waals surface area contributed by atoms with E-state index < -0.39 is 0 Å². The van der Waals surface area contributed by atoms with Gasteiger partial charge < -0.3 is 10.1 Å². The van der Waals surface area contributed by atoms with E-state index in [1.807, 2.05) is 7.05 Å². The number of hydrogen-bond acceptors (Lipinski definition) is 4. The molecule has 1 rings (SSSR count). The molecule has 0 unspecified atom stereocenters. The number of rotatable bonds is 3. The second-order valence-corrected chi connectivity index (χ2v) is 2.92. The third-order valence-electron chi connectivity index (χ3n) is 1.98. The van der Waals surface area contributed by atoms with Crippen LogP contribution in [0.3, 0.4) is 0 Å². The van der Waals surface area contributed by atoms with Crippen molar-refractivity contribution in [2.75, 3.05) is 39.8 Å². The van der Waals surface area contributed by atoms with E-state index in [4.69, 9.17) is 4.74 Å². The minimum absolute atomic E-state index is 0.0676. The number of likely N-dealkylation sites (N-methyl/N-ethyl adjacent to an activating group) is 1. The van der Waals surface area contributed by atoms with Crippen LogP contribution in [0.1, 0.15) is 6.42 Å². The predicted octanol–water partition coefficient (Wildman–Crippen LogP) is -0.545. The highest BCUT2D eigenvalue weighted by Crippen LogP contribution is 1.98. The molecule has 4 nitrogen and oxygen atoms in total. The van der Waals surface area contributed by atoms with E-state index in [-0.39, 0.29) is 5.97 Å². The standard InChI is InChI=1S/C8H16N2O2/c1-9-3-5-10-4-2-8(11)12-7-6-10/h9H,2-7H2,1H3. The fourth-order valence-corrected chi connectivity index (χ4v) is 1.22. The third-order valence-corrected chi connectivity index (χ3v) is 1.98. The van der Waals surface area contributed by atoms with Gasteiger partial charge in [0.1, 0.15) is 6.61 Å². The maximum atomic E-state index is 10.8. The second-order valence-electron chi connectivity index (χ2n) is 2.92. The summed E-state index contributed by atoms with van der Waals surface area (Å²) in [6.45, 7) is 4.21. The molecule has 0 spiro atoms. The summed E-state index contributed by atoms with van der Waals surface area (Å²) in [5, 5.41) is 3.08. The van der Waals surface area contributed by atoms with Crippen molar-refractivity contribution >= 4 is 5.97 Å². The van der Waals surface area contributed by atoms with Gasteiger partial charge in [0.2, 0.25) is 0 Å². The summed E-state index contributed by atoms with van der Waals surface area (Å²) in [5.74, 6) is -0.0676. The first kappa shape index (κ1) is 9.48. The molecule has 1 fully saturated rings. The second kappa shape index (κ2) is 5.11. The first-order valence-corrected chi connectivity index (χ1v) is 4.35. The monoisotopic (exact) mass is 172 g/mol. The predicted molar refractivity (Wildman–Crippen MR) is 45.9 cm³/mol. The molecule has 0 radical (unpaired) electrons. The van der Waals surface area contributed by atoms with Crippen molar-refractivity contribution in [3.05, 3.63) is 0 Å². The Bertz CT molecular complexity index is 150. The van der Waals surface area contributed by atoms with Crippen molar-refractivity contribution in [2.45, 2.75) is 6.42 Å². The number of ether oxygens (including phenoxy) is 1. The molecule has 70 valence electrons. The molecule has 1 N–H and O–H groups in total. The molecular formula is C8H16N2O2. The SMILES string of the molecule is CNCCN1CCOC(=O)CC1. The smallest absolute Gasteiger partial charge is 0.307 e. The Hall–Kier alpha value is -0.610. The highest BCUT2D eigenvalue weighted by atomic mass is 16.5. The molecule has 1 saturated heterocycles. The highest BCUT2D eigenvalue weighted by molar-refractivity contribution is 5.69. The van der Waals surface area contributed by atoms with Gasteiger partial charge in [0.25, 0.3) is 0 Å². The zero-order chi connectivity index (χ0) is 8.81. The molecule has 0 aromatic rings. The average molecular weight is 172 g/mol. The Labute approximate surface area is 72.9 Å². The lowest BCUT2D eigenvalue weighted by molar-refractivity contribution is -0.142. The summed E-state index contributed by atoms with van der Waals surface area (Å²) < 4.78 is 4.91. The Morgan fingerprint density at radius 2 is 2.42 bits per heavy atom. The summed E-state index contributed by atoms with van der Waals surface area (Å²) in [5.41, 5.74) is 0. The Morgan fingerprint density at radius 3 is 3.17 bits per heavy atom. The topological polar surface area (TPSA) is 41.6 Å². The van der Waals surface area contributed by atoms with Crippen LogP contribution in [0.4, 0.5) is 0 Å². The third kappa shape index (κ3) is 3.19. The van der Waals surface area contributed by atoms with Crippen LogP contribution in [0.25, 0.3) is 0 Å². The molecular weight excluding hydrogens is 156 g/mol. The Balaban J connectivity index is 2.21. The van der Waals surface area contributed by atoms with Crippen molar-refractivity contribution in [3.8, 4) is 0 Å². The van der Waals surface area contributed by atoms with Gasteiger partial charge in [-0.1, -0.05) is 0 Å². The van der Waals surface area contributed by atoms with Crippen LogP contribution in [0, 0.1) is 0 Å². The van der Waals surface area contributed by atoms with Crippen LogP contribution < -0.4 is 5.32 Å². The number of hydrogen-bond donors (Lipinski definition) is 1. The number of cyclic esters (lactones) is 1. The van der Waals surface area contributed by atoms with Gasteiger partial charge in [0.15, 0.2) is 0 Å². The van der Waals surface area contributed by atoms with Gasteiger partial charge in [-0.05, 0) is 7.05 Å². The van der Waals surface area contributed by atoms with Gasteiger partial charge in [-0.3, -0.25) is 9.69 Å². The highest BCUT2D eigenvalue weighted by Gasteiger charge is 2.13. The first-order chi connectivity index (χ1) is 5.83. The Kier molecular flexibility index (Phi) is 4.04. The van der Waals surface area contributed by atoms with E-state index in [2.05, 4.69) is 10.2 Å². The number of carbonyl (C=O) groups is 1. The molecule has 0 bridgehead atoms. The summed E-state index contributed by atoms with van der Waals surface area (Å²) >= 11 is 0. The molecule has 1 aliphatic rings. The van der Waals surface area contributed by atoms with Crippen molar-refractivity contribution in [1.29, 1.82) is 0 Å². The lowest BCUT2D eigenvalue weighted by atomic mass is 10.4. The van der Waals surface area contributed by atoms with Gasteiger partial charge in [-0.15, -0.1) is 0 Å². The first-order valence-electron chi connectivity index (χ1n) is 4.35. The molecule has 0 aliphatic carbocycles. The lowest BCUT2D eigenvalue weighted by Crippen LogP contribution is -2.32. The van der Waals surface area contributed by atoms with E-state index in [1.165, 1.54) is 0 Å². The van der Waals surface area contributed by atoms with Crippen LogP contribution in [0.5, 0.6) is 0 Å². The molecule has 0 aromatic heterocycles. The summed E-state index contributed by atoms with van der Waals surface area (Å²) in [6, 6.07) is 0. The fraction of sp³-hybridized carbons (Fsp3) is 0.875. The summed E-state index contributed by atoms with van der Waals surface area (Å²) in [4.78, 5) is 13.1. The molecule has 1 heterocycles. The summed E-state index contributed by atoms with van der Waals surface area (Å²) in [6.07, 6.45) is 0.531. The molecule has 0 aromatic carbocycles. The largest absolute Gasteiger partial charge is 0.464 e. The molecule has 0 saturated carbocycles. The van der Waals surface area contributed by atoms with Crippen LogP contribution >= 0.6 is 0 Å². The van der Waals surface area contributed by atoms with Gasteiger partial charge in [0, 0.05) is 26.2 Å². The molecule has 0 atom stereocenters. The van der Waals surface area contributed by atoms with Crippen molar-refractivity contribution in [2.24, 2.45) is 0 Å². The van der Waals surface area contributed by atoms with Crippen LogP contribution in [0.15, 0.2) is 0 Å². The van der Waals surface area contributed by atoms with E-state index in [0.717, 1.165) is 26.2 Å². The minimum Gasteiger partial charge on any atom is -0.464 e. The van der Waals surface area contributed by atoms with Crippen LogP contribution in [-0.2, 0) is 9.53 Å². The number of nitrogens with zero attached hydrogens (tertiary/aromatic N) is 1. The van der Waals surface area contributed by atoms with Gasteiger partial charge >= 0.3 is 5.97 Å². The van der Waals surface area contributed by atoms with E-state index >= 15 is 0 Å². The zero-order valence-corrected chi connectivity index (χ0v) is 7.51. The number of carbonyl (C=O) groups excluding carboxylic acids is 1. The van der Waals surface area contributed by atoms with E-state index in [9.17, 15) is 4.79 Å². The normalized spacial score (nSPS) is 20.2. The van der Waals surface area contributed by atoms with Gasteiger partial charge in [0.05, 0.1) is 6.42 Å². The quantitative estimate of drug-likeness (QED) is 0.580. The molecule has 0 amide bonds. The van der Waals surface area contributed by atoms with Crippen molar-refractivity contribution < 1.29 is 9.53 Å². The van der Waals surface area contributed by atoms with Crippen LogP contribution in [0.2, 0.25) is 0 Å². The van der Waals surface area contributed by atoms with Crippen molar-refractivity contribution in [3.63, 3.8) is 0 Å². The maximum absolute atomic E-state index is 10.8. The maximum Gasteiger partial charge on any atom is 0.307 e. The summed E-state index contributed by atoms with van der Waals surface area (Å²) in [7, 11) is 1.93. The Morgan fingerprint density at radius 1 is 1.58 bits per heavy atom. The number of esters is 1. The minimum atomic E-state index is -0.0676. The molecule has 4 heteroatoms.